The summed E-state index contributed by atoms with van der Waals surface area (Å²) in [5.41, 5.74) is 0. The minimum atomic E-state index is 0.310. The third-order valence-corrected chi connectivity index (χ3v) is 4.08. The van der Waals surface area contributed by atoms with Gasteiger partial charge in [-0.2, -0.15) is 0 Å². The summed E-state index contributed by atoms with van der Waals surface area (Å²) < 4.78 is 5.46. The molecule has 0 bridgehead atoms. The van der Waals surface area contributed by atoms with E-state index in [4.69, 9.17) is 4.74 Å². The topological polar surface area (TPSA) is 24.5 Å². The Bertz CT molecular complexity index is 196. The zero-order valence-corrected chi connectivity index (χ0v) is 11.5. The SMILES string of the molecule is CCC1CN(C(C)C(C)OC)C(CC)CN1. The molecule has 1 aliphatic heterocycles. The van der Waals surface area contributed by atoms with Gasteiger partial charge in [0.2, 0.25) is 0 Å². The average molecular weight is 228 g/mol. The van der Waals surface area contributed by atoms with Crippen molar-refractivity contribution in [2.45, 2.75) is 64.8 Å². The van der Waals surface area contributed by atoms with Gasteiger partial charge in [-0.3, -0.25) is 4.90 Å². The minimum absolute atomic E-state index is 0.310. The van der Waals surface area contributed by atoms with Crippen LogP contribution in [0.2, 0.25) is 0 Å². The van der Waals surface area contributed by atoms with Gasteiger partial charge in [-0.05, 0) is 26.7 Å². The molecule has 4 unspecified atom stereocenters. The maximum absolute atomic E-state index is 5.46. The normalized spacial score (nSPS) is 31.3. The van der Waals surface area contributed by atoms with Gasteiger partial charge in [0.15, 0.2) is 0 Å². The van der Waals surface area contributed by atoms with Crippen LogP contribution in [-0.2, 0) is 4.74 Å². The highest BCUT2D eigenvalue weighted by molar-refractivity contribution is 4.89. The maximum atomic E-state index is 5.46. The second kappa shape index (κ2) is 6.58. The molecule has 1 N–H and O–H groups in total. The maximum Gasteiger partial charge on any atom is 0.0695 e. The van der Waals surface area contributed by atoms with E-state index < -0.39 is 0 Å². The van der Waals surface area contributed by atoms with Crippen molar-refractivity contribution in [3.63, 3.8) is 0 Å². The van der Waals surface area contributed by atoms with Gasteiger partial charge in [-0.1, -0.05) is 13.8 Å². The molecule has 0 radical (unpaired) electrons. The molecule has 0 saturated carbocycles. The number of hydrogen-bond donors (Lipinski definition) is 1. The second-order valence-corrected chi connectivity index (χ2v) is 4.95. The van der Waals surface area contributed by atoms with E-state index in [1.807, 2.05) is 7.11 Å². The smallest absolute Gasteiger partial charge is 0.0695 e. The lowest BCUT2D eigenvalue weighted by Crippen LogP contribution is -2.60. The van der Waals surface area contributed by atoms with Gasteiger partial charge < -0.3 is 10.1 Å². The molecular formula is C13H28N2O. The van der Waals surface area contributed by atoms with E-state index >= 15 is 0 Å². The van der Waals surface area contributed by atoms with Gasteiger partial charge in [-0.25, -0.2) is 0 Å². The van der Waals surface area contributed by atoms with E-state index in [0.717, 1.165) is 13.1 Å². The van der Waals surface area contributed by atoms with Crippen molar-refractivity contribution in [2.24, 2.45) is 0 Å². The predicted octanol–water partition coefficient (Wildman–Crippen LogP) is 1.87. The van der Waals surface area contributed by atoms with Crippen LogP contribution in [0.3, 0.4) is 0 Å². The van der Waals surface area contributed by atoms with Gasteiger partial charge in [0, 0.05) is 38.3 Å². The molecule has 0 aliphatic carbocycles. The molecule has 0 spiro atoms. The Labute approximate surface area is 101 Å². The van der Waals surface area contributed by atoms with Crippen LogP contribution in [0.25, 0.3) is 0 Å². The van der Waals surface area contributed by atoms with Crippen molar-refractivity contribution in [3.05, 3.63) is 0 Å². The Morgan fingerprint density at radius 2 is 2.00 bits per heavy atom. The quantitative estimate of drug-likeness (QED) is 0.777. The Morgan fingerprint density at radius 3 is 2.50 bits per heavy atom. The highest BCUT2D eigenvalue weighted by Crippen LogP contribution is 2.18. The van der Waals surface area contributed by atoms with E-state index in [-0.39, 0.29) is 0 Å². The Kier molecular flexibility index (Phi) is 5.73. The van der Waals surface area contributed by atoms with Crippen molar-refractivity contribution >= 4 is 0 Å². The number of methoxy groups -OCH3 is 1. The summed E-state index contributed by atoms with van der Waals surface area (Å²) in [6.45, 7) is 11.3. The zero-order valence-electron chi connectivity index (χ0n) is 11.5. The van der Waals surface area contributed by atoms with Gasteiger partial charge in [0.1, 0.15) is 0 Å². The summed E-state index contributed by atoms with van der Waals surface area (Å²) in [7, 11) is 1.81. The Hall–Kier alpha value is -0.120. The van der Waals surface area contributed by atoms with Crippen molar-refractivity contribution < 1.29 is 4.74 Å². The van der Waals surface area contributed by atoms with Gasteiger partial charge >= 0.3 is 0 Å². The van der Waals surface area contributed by atoms with Crippen molar-refractivity contribution in [1.82, 2.24) is 10.2 Å². The van der Waals surface area contributed by atoms with Gasteiger partial charge in [0.25, 0.3) is 0 Å². The molecule has 0 aromatic carbocycles. The predicted molar refractivity (Wildman–Crippen MR) is 68.8 cm³/mol. The first-order valence-electron chi connectivity index (χ1n) is 6.65. The first-order valence-corrected chi connectivity index (χ1v) is 6.65. The first-order chi connectivity index (χ1) is 7.63. The molecule has 1 heterocycles. The Balaban J connectivity index is 2.63. The molecule has 0 aromatic heterocycles. The molecule has 3 heteroatoms. The largest absolute Gasteiger partial charge is 0.380 e. The number of hydrogen-bond acceptors (Lipinski definition) is 3. The fourth-order valence-electron chi connectivity index (χ4n) is 2.51. The number of nitrogens with one attached hydrogen (secondary N) is 1. The summed E-state index contributed by atoms with van der Waals surface area (Å²) >= 11 is 0. The summed E-state index contributed by atoms with van der Waals surface area (Å²) in [5.74, 6) is 0. The molecule has 1 fully saturated rings. The third-order valence-electron chi connectivity index (χ3n) is 4.08. The summed E-state index contributed by atoms with van der Waals surface area (Å²) in [6, 6.07) is 1.82. The standard InChI is InChI=1S/C13H28N2O/c1-6-12-9-15(10(3)11(4)16-5)13(7-2)8-14-12/h10-14H,6-9H2,1-5H3. The summed E-state index contributed by atoms with van der Waals surface area (Å²) in [4.78, 5) is 2.62. The molecule has 0 amide bonds. The van der Waals surface area contributed by atoms with Crippen LogP contribution in [0.4, 0.5) is 0 Å². The van der Waals surface area contributed by atoms with Crippen molar-refractivity contribution in [2.75, 3.05) is 20.2 Å². The molecule has 16 heavy (non-hydrogen) atoms. The number of ether oxygens (including phenoxy) is 1. The molecule has 1 aliphatic rings. The van der Waals surface area contributed by atoms with Crippen molar-refractivity contribution in [3.8, 4) is 0 Å². The summed E-state index contributed by atoms with van der Waals surface area (Å²) in [5, 5.41) is 3.63. The van der Waals surface area contributed by atoms with Crippen LogP contribution in [0.5, 0.6) is 0 Å². The number of piperazine rings is 1. The lowest BCUT2D eigenvalue weighted by atomic mass is 10.0. The Morgan fingerprint density at radius 1 is 1.31 bits per heavy atom. The lowest BCUT2D eigenvalue weighted by Gasteiger charge is -2.44. The first kappa shape index (κ1) is 13.9. The monoisotopic (exact) mass is 228 g/mol. The highest BCUT2D eigenvalue weighted by Gasteiger charge is 2.31. The molecule has 96 valence electrons. The zero-order chi connectivity index (χ0) is 12.1. The fraction of sp³-hybridized carbons (Fsp3) is 1.00. The van der Waals surface area contributed by atoms with Crippen LogP contribution in [0.15, 0.2) is 0 Å². The highest BCUT2D eigenvalue weighted by atomic mass is 16.5. The summed E-state index contributed by atoms with van der Waals surface area (Å²) in [6.07, 6.45) is 2.73. The van der Waals surface area contributed by atoms with Gasteiger partial charge in [-0.15, -0.1) is 0 Å². The van der Waals surface area contributed by atoms with Crippen LogP contribution >= 0.6 is 0 Å². The molecular weight excluding hydrogens is 200 g/mol. The second-order valence-electron chi connectivity index (χ2n) is 4.95. The average Bonchev–Trinajstić information content (AvgIpc) is 2.35. The number of nitrogens with zero attached hydrogens (tertiary/aromatic N) is 1. The molecule has 3 nitrogen and oxygen atoms in total. The number of rotatable bonds is 5. The van der Waals surface area contributed by atoms with Crippen molar-refractivity contribution in [1.29, 1.82) is 0 Å². The van der Waals surface area contributed by atoms with E-state index in [1.165, 1.54) is 12.8 Å². The van der Waals surface area contributed by atoms with Crippen LogP contribution in [0, 0.1) is 0 Å². The molecule has 1 rings (SSSR count). The van der Waals surface area contributed by atoms with E-state index in [2.05, 4.69) is 37.9 Å². The van der Waals surface area contributed by atoms with Crippen LogP contribution < -0.4 is 5.32 Å². The third kappa shape index (κ3) is 3.19. The van der Waals surface area contributed by atoms with Crippen LogP contribution in [0.1, 0.15) is 40.5 Å². The molecule has 1 saturated heterocycles. The van der Waals surface area contributed by atoms with Gasteiger partial charge in [0.05, 0.1) is 6.10 Å². The lowest BCUT2D eigenvalue weighted by molar-refractivity contribution is -0.00469. The molecule has 0 aromatic rings. The van der Waals surface area contributed by atoms with Crippen LogP contribution in [-0.4, -0.2) is 49.3 Å². The molecule has 4 atom stereocenters. The fourth-order valence-corrected chi connectivity index (χ4v) is 2.51. The van der Waals surface area contributed by atoms with E-state index in [1.54, 1.807) is 0 Å². The minimum Gasteiger partial charge on any atom is -0.380 e. The van der Waals surface area contributed by atoms with E-state index in [0.29, 0.717) is 24.2 Å². The van der Waals surface area contributed by atoms with E-state index in [9.17, 15) is 0 Å².